The normalized spacial score (nSPS) is 23.2. The lowest BCUT2D eigenvalue weighted by Gasteiger charge is -2.53. The number of benzene rings is 3. The maximum absolute atomic E-state index is 14.8. The summed E-state index contributed by atoms with van der Waals surface area (Å²) in [6.07, 6.45) is 4.53. The van der Waals surface area contributed by atoms with Crippen molar-refractivity contribution in [2.75, 3.05) is 16.6 Å². The molecule has 0 radical (unpaired) electrons. The Kier molecular flexibility index (Phi) is 9.26. The van der Waals surface area contributed by atoms with Crippen LogP contribution in [0.4, 0.5) is 10.1 Å². The summed E-state index contributed by atoms with van der Waals surface area (Å²) in [7, 11) is -3.81. The molecule has 0 aromatic heterocycles. The van der Waals surface area contributed by atoms with Crippen LogP contribution in [0.2, 0.25) is 10.0 Å². The van der Waals surface area contributed by atoms with Crippen LogP contribution >= 0.6 is 23.2 Å². The summed E-state index contributed by atoms with van der Waals surface area (Å²) in [6, 6.07) is 20.0. The molecular formula is C34H37Cl2FN2O3S. The van der Waals surface area contributed by atoms with Gasteiger partial charge >= 0.3 is 0 Å². The lowest BCUT2D eigenvalue weighted by atomic mass is 9.67. The van der Waals surface area contributed by atoms with Gasteiger partial charge in [-0.15, -0.1) is 6.58 Å². The molecule has 9 heteroatoms. The lowest BCUT2D eigenvalue weighted by Crippen LogP contribution is -2.59. The van der Waals surface area contributed by atoms with E-state index in [9.17, 15) is 17.6 Å². The number of hydrogen-bond acceptors (Lipinski definition) is 3. The minimum Gasteiger partial charge on any atom is -0.329 e. The van der Waals surface area contributed by atoms with Crippen LogP contribution in [0.3, 0.4) is 0 Å². The van der Waals surface area contributed by atoms with Gasteiger partial charge in [-0.25, -0.2) is 12.8 Å². The lowest BCUT2D eigenvalue weighted by molar-refractivity contribution is -0.154. The number of piperidine rings is 1. The first-order valence-electron chi connectivity index (χ1n) is 14.7. The summed E-state index contributed by atoms with van der Waals surface area (Å²) in [5.74, 6) is -0.781. The van der Waals surface area contributed by atoms with E-state index in [1.807, 2.05) is 60.4 Å². The molecule has 0 spiro atoms. The third-order valence-corrected chi connectivity index (χ3v) is 11.1. The van der Waals surface area contributed by atoms with Gasteiger partial charge in [0, 0.05) is 16.0 Å². The Morgan fingerprint density at radius 1 is 1.05 bits per heavy atom. The Hall–Kier alpha value is -2.87. The smallest absolute Gasteiger partial charge is 0.234 e. The molecule has 1 aliphatic carbocycles. The maximum Gasteiger partial charge on any atom is 0.234 e. The van der Waals surface area contributed by atoms with E-state index in [1.54, 1.807) is 19.1 Å². The average molecular weight is 644 g/mol. The first kappa shape index (κ1) is 31.6. The summed E-state index contributed by atoms with van der Waals surface area (Å²) < 4.78 is 42.8. The number of halogens is 3. The number of anilines is 1. The zero-order chi connectivity index (χ0) is 30.9. The SMILES string of the molecule is C=CC[C@@]1(C)C[C@H](c2cccc(Cl)c2)[C@@H](c2ccc(Cl)cc2)N([C@H](CN(c2cccc(F)c2)S(=O)(=O)CC)C2CC2)C1=O. The van der Waals surface area contributed by atoms with Crippen LogP contribution in [0.1, 0.15) is 62.6 Å². The Labute approximate surface area is 264 Å². The first-order valence-corrected chi connectivity index (χ1v) is 17.0. The average Bonchev–Trinajstić information content (AvgIpc) is 3.81. The number of allylic oxidation sites excluding steroid dienone is 1. The van der Waals surface area contributed by atoms with E-state index in [0.717, 1.165) is 24.0 Å². The van der Waals surface area contributed by atoms with E-state index >= 15 is 0 Å². The van der Waals surface area contributed by atoms with E-state index in [0.29, 0.717) is 22.9 Å². The van der Waals surface area contributed by atoms with Crippen LogP contribution in [-0.4, -0.2) is 37.6 Å². The van der Waals surface area contributed by atoms with Crippen LogP contribution in [0.15, 0.2) is 85.5 Å². The minimum absolute atomic E-state index is 0.0204. The minimum atomic E-state index is -3.81. The molecule has 0 bridgehead atoms. The van der Waals surface area contributed by atoms with Gasteiger partial charge in [-0.3, -0.25) is 9.10 Å². The van der Waals surface area contributed by atoms with E-state index < -0.39 is 33.3 Å². The molecule has 1 heterocycles. The van der Waals surface area contributed by atoms with Crippen LogP contribution in [0.25, 0.3) is 0 Å². The van der Waals surface area contributed by atoms with Crippen molar-refractivity contribution >= 4 is 44.8 Å². The van der Waals surface area contributed by atoms with Gasteiger partial charge in [-0.2, -0.15) is 0 Å². The molecule has 0 N–H and O–H groups in total. The van der Waals surface area contributed by atoms with Gasteiger partial charge in [0.15, 0.2) is 0 Å². The second-order valence-corrected chi connectivity index (χ2v) is 15.0. The van der Waals surface area contributed by atoms with Crippen molar-refractivity contribution in [3.8, 4) is 0 Å². The molecule has 1 amide bonds. The number of sulfonamides is 1. The number of carbonyl (C=O) groups is 1. The van der Waals surface area contributed by atoms with Crippen molar-refractivity contribution in [2.45, 2.75) is 57.5 Å². The summed E-state index contributed by atoms with van der Waals surface area (Å²) >= 11 is 12.8. The predicted octanol–water partition coefficient (Wildman–Crippen LogP) is 8.41. The van der Waals surface area contributed by atoms with Gasteiger partial charge in [0.05, 0.1) is 35.5 Å². The molecule has 5 rings (SSSR count). The summed E-state index contributed by atoms with van der Waals surface area (Å²) in [6.45, 7) is 7.53. The van der Waals surface area contributed by atoms with Crippen molar-refractivity contribution in [2.24, 2.45) is 11.3 Å². The highest BCUT2D eigenvalue weighted by Gasteiger charge is 2.54. The molecule has 228 valence electrons. The van der Waals surface area contributed by atoms with Crippen LogP contribution in [-0.2, 0) is 14.8 Å². The van der Waals surface area contributed by atoms with Gasteiger partial charge in [0.25, 0.3) is 0 Å². The molecule has 1 saturated carbocycles. The highest BCUT2D eigenvalue weighted by Crippen LogP contribution is 2.54. The summed E-state index contributed by atoms with van der Waals surface area (Å²) in [5, 5.41) is 1.18. The molecule has 0 unspecified atom stereocenters. The van der Waals surface area contributed by atoms with Gasteiger partial charge in [0.1, 0.15) is 5.82 Å². The van der Waals surface area contributed by atoms with Gasteiger partial charge in [-0.05, 0) is 92.1 Å². The van der Waals surface area contributed by atoms with Gasteiger partial charge in [0.2, 0.25) is 15.9 Å². The van der Waals surface area contributed by atoms with E-state index in [2.05, 4.69) is 6.58 Å². The fourth-order valence-electron chi connectivity index (χ4n) is 6.53. The number of carbonyl (C=O) groups excluding carboxylic acids is 1. The molecule has 43 heavy (non-hydrogen) atoms. The fourth-order valence-corrected chi connectivity index (χ4v) is 7.99. The second-order valence-electron chi connectivity index (χ2n) is 11.9. The number of likely N-dealkylation sites (tertiary alicyclic amines) is 1. The molecular weight excluding hydrogens is 606 g/mol. The van der Waals surface area contributed by atoms with Crippen molar-refractivity contribution in [1.82, 2.24) is 4.90 Å². The van der Waals surface area contributed by atoms with Gasteiger partial charge < -0.3 is 4.90 Å². The van der Waals surface area contributed by atoms with E-state index in [4.69, 9.17) is 23.2 Å². The van der Waals surface area contributed by atoms with Crippen molar-refractivity contribution in [3.05, 3.63) is 112 Å². The molecule has 1 aliphatic heterocycles. The third-order valence-electron chi connectivity index (χ3n) is 8.86. The molecule has 2 fully saturated rings. The number of hydrogen-bond donors (Lipinski definition) is 0. The standard InChI is InChI=1S/C34H37Cl2FN2O3S/c1-4-18-34(3)21-30(25-8-6-9-27(36)19-25)32(24-14-16-26(35)17-15-24)39(33(34)40)31(23-12-13-23)22-38(43(41,42)5-2)29-11-7-10-28(37)20-29/h4,6-11,14-17,19-20,23,30-32H,1,5,12-13,18,21-22H2,2-3H3/t30-,31-,32-,34+/m1/s1. The van der Waals surface area contributed by atoms with Crippen molar-refractivity contribution in [3.63, 3.8) is 0 Å². The number of nitrogens with zero attached hydrogens (tertiary/aromatic N) is 2. The summed E-state index contributed by atoms with van der Waals surface area (Å²) in [5.41, 5.74) is 1.38. The Morgan fingerprint density at radius 2 is 1.74 bits per heavy atom. The molecule has 1 saturated heterocycles. The molecule has 5 nitrogen and oxygen atoms in total. The molecule has 3 aromatic rings. The third kappa shape index (κ3) is 6.64. The van der Waals surface area contributed by atoms with Crippen LogP contribution in [0, 0.1) is 17.2 Å². The van der Waals surface area contributed by atoms with E-state index in [-0.39, 0.29) is 35.7 Å². The Balaban J connectivity index is 1.70. The van der Waals surface area contributed by atoms with Crippen LogP contribution < -0.4 is 4.31 Å². The van der Waals surface area contributed by atoms with Gasteiger partial charge in [-0.1, -0.05) is 66.5 Å². The molecule has 3 aromatic carbocycles. The van der Waals surface area contributed by atoms with Crippen molar-refractivity contribution in [1.29, 1.82) is 0 Å². The topological polar surface area (TPSA) is 57.7 Å². The highest BCUT2D eigenvalue weighted by atomic mass is 35.5. The Bertz CT molecular complexity index is 1600. The molecule has 2 aliphatic rings. The second kappa shape index (κ2) is 12.6. The predicted molar refractivity (Wildman–Crippen MR) is 172 cm³/mol. The largest absolute Gasteiger partial charge is 0.329 e. The van der Waals surface area contributed by atoms with Crippen molar-refractivity contribution < 1.29 is 17.6 Å². The van der Waals surface area contributed by atoms with E-state index in [1.165, 1.54) is 22.5 Å². The maximum atomic E-state index is 14.8. The first-order chi connectivity index (χ1) is 20.5. The zero-order valence-electron chi connectivity index (χ0n) is 24.4. The number of amides is 1. The Morgan fingerprint density at radius 3 is 2.35 bits per heavy atom. The quantitative estimate of drug-likeness (QED) is 0.197. The molecule has 4 atom stereocenters. The number of rotatable bonds is 11. The summed E-state index contributed by atoms with van der Waals surface area (Å²) in [4.78, 5) is 16.7. The van der Waals surface area contributed by atoms with Crippen LogP contribution in [0.5, 0.6) is 0 Å². The monoisotopic (exact) mass is 642 g/mol. The zero-order valence-corrected chi connectivity index (χ0v) is 26.8. The highest BCUT2D eigenvalue weighted by molar-refractivity contribution is 7.92. The fraction of sp³-hybridized carbons (Fsp3) is 0.382.